The number of hydrogen-bond acceptors (Lipinski definition) is 1. The van der Waals surface area contributed by atoms with Crippen LogP contribution in [-0.2, 0) is 10.8 Å². The Kier molecular flexibility index (Phi) is 13.9. The van der Waals surface area contributed by atoms with Gasteiger partial charge in [0.15, 0.2) is 0 Å². The molecule has 0 aromatic rings. The average Bonchev–Trinajstić information content (AvgIpc) is 2.32. The minimum Gasteiger partial charge on any atom is -0.259 e. The van der Waals surface area contributed by atoms with E-state index in [1.807, 2.05) is 0 Å². The zero-order valence-corrected chi connectivity index (χ0v) is 12.4. The second kappa shape index (κ2) is 14.0. The van der Waals surface area contributed by atoms with Gasteiger partial charge in [-0.2, -0.15) is 0 Å². The summed E-state index contributed by atoms with van der Waals surface area (Å²) in [6.45, 7) is 5.87. The topological polar surface area (TPSA) is 17.1 Å². The van der Waals surface area contributed by atoms with Crippen molar-refractivity contribution in [2.45, 2.75) is 71.1 Å². The van der Waals surface area contributed by atoms with Gasteiger partial charge in [0.25, 0.3) is 0 Å². The SMILES string of the molecule is C=CCS(=O)CCCCCCCCCCCC. The van der Waals surface area contributed by atoms with Crippen molar-refractivity contribution < 1.29 is 4.21 Å². The number of rotatable bonds is 13. The van der Waals surface area contributed by atoms with Crippen LogP contribution in [0.5, 0.6) is 0 Å². The van der Waals surface area contributed by atoms with Gasteiger partial charge in [0.2, 0.25) is 0 Å². The highest BCUT2D eigenvalue weighted by molar-refractivity contribution is 7.85. The summed E-state index contributed by atoms with van der Waals surface area (Å²) >= 11 is 0. The molecule has 0 aliphatic carbocycles. The van der Waals surface area contributed by atoms with Crippen molar-refractivity contribution in [1.29, 1.82) is 0 Å². The molecule has 102 valence electrons. The van der Waals surface area contributed by atoms with Crippen LogP contribution >= 0.6 is 0 Å². The Hall–Kier alpha value is -0.110. The molecule has 0 aromatic carbocycles. The van der Waals surface area contributed by atoms with Gasteiger partial charge in [-0.15, -0.1) is 6.58 Å². The van der Waals surface area contributed by atoms with Gasteiger partial charge in [-0.05, 0) is 6.42 Å². The standard InChI is InChI=1S/C15H30OS/c1-3-5-6-7-8-9-10-11-12-13-15-17(16)14-4-2/h4H,2-3,5-15H2,1H3. The largest absolute Gasteiger partial charge is 0.259 e. The smallest absolute Gasteiger partial charge is 0.0412 e. The fourth-order valence-electron chi connectivity index (χ4n) is 1.97. The van der Waals surface area contributed by atoms with E-state index >= 15 is 0 Å². The van der Waals surface area contributed by atoms with Crippen LogP contribution < -0.4 is 0 Å². The highest BCUT2D eigenvalue weighted by Crippen LogP contribution is 2.10. The lowest BCUT2D eigenvalue weighted by Crippen LogP contribution is -1.99. The number of unbranched alkanes of at least 4 members (excludes halogenated alkanes) is 9. The fraction of sp³-hybridized carbons (Fsp3) is 0.867. The maximum Gasteiger partial charge on any atom is 0.0412 e. The zero-order chi connectivity index (χ0) is 12.8. The van der Waals surface area contributed by atoms with E-state index in [0.29, 0.717) is 5.75 Å². The third-order valence-electron chi connectivity index (χ3n) is 3.03. The molecule has 0 saturated carbocycles. The minimum absolute atomic E-state index is 0.651. The average molecular weight is 258 g/mol. The lowest BCUT2D eigenvalue weighted by molar-refractivity contribution is 0.562. The molecule has 1 unspecified atom stereocenters. The summed E-state index contributed by atoms with van der Waals surface area (Å²) in [5.74, 6) is 1.53. The summed E-state index contributed by atoms with van der Waals surface area (Å²) in [5, 5.41) is 0. The maximum atomic E-state index is 11.3. The summed E-state index contributed by atoms with van der Waals surface area (Å²) < 4.78 is 11.3. The van der Waals surface area contributed by atoms with E-state index in [2.05, 4.69) is 13.5 Å². The van der Waals surface area contributed by atoms with Gasteiger partial charge >= 0.3 is 0 Å². The Morgan fingerprint density at radius 1 is 0.882 bits per heavy atom. The third kappa shape index (κ3) is 13.8. The Morgan fingerprint density at radius 3 is 1.82 bits per heavy atom. The normalized spacial score (nSPS) is 12.5. The molecule has 0 fully saturated rings. The first-order valence-electron chi connectivity index (χ1n) is 7.27. The third-order valence-corrected chi connectivity index (χ3v) is 4.38. The summed E-state index contributed by atoms with van der Waals surface area (Å²) in [6, 6.07) is 0. The Bertz CT molecular complexity index is 189. The van der Waals surface area contributed by atoms with Crippen LogP contribution in [0, 0.1) is 0 Å². The highest BCUT2D eigenvalue weighted by Gasteiger charge is 1.97. The first-order valence-corrected chi connectivity index (χ1v) is 8.76. The second-order valence-corrected chi connectivity index (χ2v) is 6.40. The van der Waals surface area contributed by atoms with E-state index in [9.17, 15) is 4.21 Å². The van der Waals surface area contributed by atoms with E-state index in [-0.39, 0.29) is 0 Å². The van der Waals surface area contributed by atoms with Gasteiger partial charge in [-0.25, -0.2) is 0 Å². The van der Waals surface area contributed by atoms with Crippen LogP contribution in [0.4, 0.5) is 0 Å². The van der Waals surface area contributed by atoms with Crippen LogP contribution in [0.3, 0.4) is 0 Å². The van der Waals surface area contributed by atoms with Crippen molar-refractivity contribution in [3.8, 4) is 0 Å². The quantitative estimate of drug-likeness (QED) is 0.341. The van der Waals surface area contributed by atoms with Crippen LogP contribution in [-0.4, -0.2) is 15.7 Å². The predicted octanol–water partition coefficient (Wildman–Crippen LogP) is 4.84. The highest BCUT2D eigenvalue weighted by atomic mass is 32.2. The van der Waals surface area contributed by atoms with Crippen molar-refractivity contribution in [2.75, 3.05) is 11.5 Å². The Morgan fingerprint density at radius 2 is 1.35 bits per heavy atom. The van der Waals surface area contributed by atoms with Gasteiger partial charge in [0, 0.05) is 22.3 Å². The molecule has 0 radical (unpaired) electrons. The van der Waals surface area contributed by atoms with E-state index in [4.69, 9.17) is 0 Å². The Balaban J connectivity index is 3.03. The fourth-order valence-corrected chi connectivity index (χ4v) is 2.92. The van der Waals surface area contributed by atoms with E-state index in [1.165, 1.54) is 57.8 Å². The molecule has 1 nitrogen and oxygen atoms in total. The van der Waals surface area contributed by atoms with Crippen LogP contribution in [0.25, 0.3) is 0 Å². The van der Waals surface area contributed by atoms with Gasteiger partial charge in [-0.3, -0.25) is 4.21 Å². The van der Waals surface area contributed by atoms with Gasteiger partial charge in [0.1, 0.15) is 0 Å². The molecule has 0 aliphatic rings. The maximum absolute atomic E-state index is 11.3. The molecule has 0 rings (SSSR count). The van der Waals surface area contributed by atoms with Crippen molar-refractivity contribution in [3.05, 3.63) is 12.7 Å². The molecule has 0 spiro atoms. The summed E-state index contributed by atoms with van der Waals surface area (Å²) in [7, 11) is -0.651. The molecule has 0 amide bonds. The van der Waals surface area contributed by atoms with E-state index in [1.54, 1.807) is 6.08 Å². The lowest BCUT2D eigenvalue weighted by atomic mass is 10.1. The molecular weight excluding hydrogens is 228 g/mol. The lowest BCUT2D eigenvalue weighted by Gasteiger charge is -2.02. The first kappa shape index (κ1) is 16.9. The zero-order valence-electron chi connectivity index (χ0n) is 11.6. The van der Waals surface area contributed by atoms with Crippen LogP contribution in [0.15, 0.2) is 12.7 Å². The molecule has 1 atom stereocenters. The molecule has 0 heterocycles. The molecule has 0 aliphatic heterocycles. The molecule has 17 heavy (non-hydrogen) atoms. The van der Waals surface area contributed by atoms with Crippen LogP contribution in [0.1, 0.15) is 71.1 Å². The van der Waals surface area contributed by atoms with Crippen LogP contribution in [0.2, 0.25) is 0 Å². The summed E-state index contributed by atoms with van der Waals surface area (Å²) in [4.78, 5) is 0. The van der Waals surface area contributed by atoms with Crippen molar-refractivity contribution in [2.24, 2.45) is 0 Å². The molecular formula is C15H30OS. The molecule has 0 saturated heterocycles. The molecule has 2 heteroatoms. The Labute approximate surface area is 111 Å². The number of hydrogen-bond donors (Lipinski definition) is 0. The first-order chi connectivity index (χ1) is 8.31. The van der Waals surface area contributed by atoms with Gasteiger partial charge in [-0.1, -0.05) is 70.8 Å². The van der Waals surface area contributed by atoms with E-state index < -0.39 is 10.8 Å². The molecule has 0 aromatic heterocycles. The van der Waals surface area contributed by atoms with Gasteiger partial charge in [0.05, 0.1) is 0 Å². The second-order valence-electron chi connectivity index (χ2n) is 4.78. The molecule has 0 N–H and O–H groups in total. The predicted molar refractivity (Wildman–Crippen MR) is 79.9 cm³/mol. The van der Waals surface area contributed by atoms with Crippen molar-refractivity contribution in [3.63, 3.8) is 0 Å². The van der Waals surface area contributed by atoms with Crippen molar-refractivity contribution in [1.82, 2.24) is 0 Å². The minimum atomic E-state index is -0.651. The van der Waals surface area contributed by atoms with Gasteiger partial charge < -0.3 is 0 Å². The summed E-state index contributed by atoms with van der Waals surface area (Å²) in [5.41, 5.74) is 0. The summed E-state index contributed by atoms with van der Waals surface area (Å²) in [6.07, 6.45) is 15.2. The van der Waals surface area contributed by atoms with E-state index in [0.717, 1.165) is 12.2 Å². The molecule has 0 bridgehead atoms. The monoisotopic (exact) mass is 258 g/mol. The van der Waals surface area contributed by atoms with Crippen molar-refractivity contribution >= 4 is 10.8 Å².